The molecule has 0 N–H and O–H groups in total. The lowest BCUT2D eigenvalue weighted by Crippen LogP contribution is -2.49. The Morgan fingerprint density at radius 3 is 1.81 bits per heavy atom. The summed E-state index contributed by atoms with van der Waals surface area (Å²) in [5.74, 6) is -9.34. The van der Waals surface area contributed by atoms with Gasteiger partial charge in [0, 0.05) is 17.3 Å². The molecule has 8 heteroatoms. The number of carboxylic acids is 1. The van der Waals surface area contributed by atoms with Crippen LogP contribution in [0.2, 0.25) is 0 Å². The number of carbonyl (C=O) groups excluding carboxylic acids is 1. The maximum atomic E-state index is 13.1. The molecule has 1 aliphatic rings. The minimum atomic E-state index is -5.89. The largest absolute Gasteiger partial charge is 0.550 e. The zero-order valence-electron chi connectivity index (χ0n) is 8.16. The molecule has 2 atom stereocenters. The quantitative estimate of drug-likeness (QED) is 0.562. The fraction of sp³-hybridized carbons (Fsp3) is 0.875. The van der Waals surface area contributed by atoms with Crippen LogP contribution in [-0.4, -0.2) is 22.9 Å². The zero-order chi connectivity index (χ0) is 13.2. The monoisotopic (exact) mass is 265 g/mol. The summed E-state index contributed by atoms with van der Waals surface area (Å²) in [6.07, 6.45) is -5.89. The van der Waals surface area contributed by atoms with Crippen molar-refractivity contribution in [3.8, 4) is 0 Å². The minimum Gasteiger partial charge on any atom is -0.550 e. The van der Waals surface area contributed by atoms with Crippen molar-refractivity contribution in [2.75, 3.05) is 0 Å². The SMILES string of the molecule is CC1(C)C(C(=O)[O-])C1(Cl)C(F)(F)C(F)(F)F. The molecular formula is C8H7ClF5O2-. The van der Waals surface area contributed by atoms with E-state index in [0.29, 0.717) is 0 Å². The highest BCUT2D eigenvalue weighted by atomic mass is 35.5. The van der Waals surface area contributed by atoms with Crippen LogP contribution in [0.15, 0.2) is 0 Å². The van der Waals surface area contributed by atoms with Gasteiger partial charge in [-0.2, -0.15) is 22.0 Å². The molecule has 1 rings (SSSR count). The highest BCUT2D eigenvalue weighted by molar-refractivity contribution is 6.30. The van der Waals surface area contributed by atoms with Gasteiger partial charge in [-0.05, 0) is 0 Å². The Morgan fingerprint density at radius 1 is 1.25 bits per heavy atom. The second-order valence-corrected chi connectivity index (χ2v) is 4.85. The van der Waals surface area contributed by atoms with E-state index >= 15 is 0 Å². The lowest BCUT2D eigenvalue weighted by Gasteiger charge is -2.27. The van der Waals surface area contributed by atoms with Crippen LogP contribution in [0.5, 0.6) is 0 Å². The van der Waals surface area contributed by atoms with Crippen molar-refractivity contribution < 1.29 is 31.9 Å². The number of alkyl halides is 6. The number of hydrogen-bond donors (Lipinski definition) is 0. The highest BCUT2D eigenvalue weighted by Crippen LogP contribution is 2.74. The topological polar surface area (TPSA) is 40.1 Å². The average Bonchev–Trinajstić information content (AvgIpc) is 2.45. The van der Waals surface area contributed by atoms with Gasteiger partial charge in [0.05, 0.1) is 0 Å². The third kappa shape index (κ3) is 1.26. The van der Waals surface area contributed by atoms with E-state index < -0.39 is 34.3 Å². The molecule has 1 saturated carbocycles. The van der Waals surface area contributed by atoms with E-state index in [1.54, 1.807) is 0 Å². The molecule has 0 radical (unpaired) electrons. The van der Waals surface area contributed by atoms with Gasteiger partial charge in [0.2, 0.25) is 0 Å². The molecule has 0 aromatic carbocycles. The fourth-order valence-corrected chi connectivity index (χ4v) is 2.48. The molecular weight excluding hydrogens is 259 g/mol. The van der Waals surface area contributed by atoms with Gasteiger partial charge in [-0.15, -0.1) is 11.6 Å². The van der Waals surface area contributed by atoms with Crippen LogP contribution < -0.4 is 5.11 Å². The molecule has 2 unspecified atom stereocenters. The van der Waals surface area contributed by atoms with Crippen molar-refractivity contribution in [2.45, 2.75) is 30.8 Å². The molecule has 0 saturated heterocycles. The van der Waals surface area contributed by atoms with Gasteiger partial charge in [-0.25, -0.2) is 0 Å². The van der Waals surface area contributed by atoms with Crippen LogP contribution >= 0.6 is 11.6 Å². The summed E-state index contributed by atoms with van der Waals surface area (Å²) in [6.45, 7) is 1.86. The molecule has 1 aliphatic carbocycles. The van der Waals surface area contributed by atoms with Gasteiger partial charge >= 0.3 is 12.1 Å². The van der Waals surface area contributed by atoms with E-state index in [0.717, 1.165) is 13.8 Å². The van der Waals surface area contributed by atoms with E-state index in [-0.39, 0.29) is 0 Å². The van der Waals surface area contributed by atoms with Gasteiger partial charge in [0.25, 0.3) is 0 Å². The number of rotatable bonds is 2. The summed E-state index contributed by atoms with van der Waals surface area (Å²) in [5.41, 5.74) is -1.88. The highest BCUT2D eigenvalue weighted by Gasteiger charge is 2.88. The van der Waals surface area contributed by atoms with Crippen molar-refractivity contribution in [2.24, 2.45) is 11.3 Å². The summed E-state index contributed by atoms with van der Waals surface area (Å²) in [6, 6.07) is 0. The molecule has 94 valence electrons. The predicted octanol–water partition coefficient (Wildman–Crippen LogP) is 1.57. The van der Waals surface area contributed by atoms with Crippen LogP contribution in [0.3, 0.4) is 0 Å². The lowest BCUT2D eigenvalue weighted by atomic mass is 10.0. The smallest absolute Gasteiger partial charge is 0.455 e. The Bertz CT molecular complexity index is 338. The lowest BCUT2D eigenvalue weighted by molar-refractivity contribution is -0.313. The molecule has 0 bridgehead atoms. The standard InChI is InChI=1S/C8H8ClF5O2/c1-5(2)3(4(15)16)6(5,9)7(10,11)8(12,13)14/h3H,1-2H3,(H,15,16)/p-1. The van der Waals surface area contributed by atoms with Gasteiger partial charge in [0.15, 0.2) is 0 Å². The van der Waals surface area contributed by atoms with E-state index in [2.05, 4.69) is 0 Å². The number of halogens is 6. The Kier molecular flexibility index (Phi) is 2.52. The molecule has 2 nitrogen and oxygen atoms in total. The van der Waals surface area contributed by atoms with Crippen molar-refractivity contribution in [1.29, 1.82) is 0 Å². The molecule has 0 spiro atoms. The summed E-state index contributed by atoms with van der Waals surface area (Å²) >= 11 is 5.18. The van der Waals surface area contributed by atoms with Crippen molar-refractivity contribution in [1.82, 2.24) is 0 Å². The zero-order valence-corrected chi connectivity index (χ0v) is 8.92. The maximum Gasteiger partial charge on any atom is 0.455 e. The average molecular weight is 266 g/mol. The van der Waals surface area contributed by atoms with E-state index in [1.807, 2.05) is 0 Å². The first-order chi connectivity index (χ1) is 6.82. The van der Waals surface area contributed by atoms with E-state index in [4.69, 9.17) is 11.6 Å². The molecule has 0 aromatic heterocycles. The number of aliphatic carboxylic acids is 1. The van der Waals surface area contributed by atoms with Crippen molar-refractivity contribution in [3.05, 3.63) is 0 Å². The number of carbonyl (C=O) groups is 1. The van der Waals surface area contributed by atoms with Crippen LogP contribution in [-0.2, 0) is 4.79 Å². The van der Waals surface area contributed by atoms with Crippen LogP contribution in [0.4, 0.5) is 22.0 Å². The molecule has 0 aromatic rings. The third-order valence-electron chi connectivity index (χ3n) is 3.02. The van der Waals surface area contributed by atoms with Crippen molar-refractivity contribution >= 4 is 17.6 Å². The van der Waals surface area contributed by atoms with Gasteiger partial charge in [0.1, 0.15) is 4.87 Å². The number of carboxylic acid groups (broad SMARTS) is 1. The number of hydrogen-bond acceptors (Lipinski definition) is 2. The second-order valence-electron chi connectivity index (χ2n) is 4.26. The first-order valence-corrected chi connectivity index (χ1v) is 4.54. The molecule has 0 amide bonds. The van der Waals surface area contributed by atoms with Crippen molar-refractivity contribution in [3.63, 3.8) is 0 Å². The summed E-state index contributed by atoms with van der Waals surface area (Å²) < 4.78 is 62.4. The Morgan fingerprint density at radius 2 is 1.62 bits per heavy atom. The van der Waals surface area contributed by atoms with Gasteiger partial charge in [-0.1, -0.05) is 13.8 Å². The maximum absolute atomic E-state index is 13.1. The van der Waals surface area contributed by atoms with E-state index in [9.17, 15) is 31.9 Å². The molecule has 0 aliphatic heterocycles. The molecule has 16 heavy (non-hydrogen) atoms. The summed E-state index contributed by atoms with van der Waals surface area (Å²) in [5, 5.41) is 10.5. The molecule has 0 heterocycles. The predicted molar refractivity (Wildman–Crippen MR) is 41.9 cm³/mol. The van der Waals surface area contributed by atoms with E-state index in [1.165, 1.54) is 0 Å². The Balaban J connectivity index is 3.21. The normalized spacial score (nSPS) is 33.6. The Hall–Kier alpha value is -0.590. The summed E-state index contributed by atoms with van der Waals surface area (Å²) in [7, 11) is 0. The van der Waals surface area contributed by atoms with Gasteiger partial charge < -0.3 is 9.90 Å². The van der Waals surface area contributed by atoms with Crippen LogP contribution in [0.25, 0.3) is 0 Å². The second kappa shape index (κ2) is 3.00. The first-order valence-electron chi connectivity index (χ1n) is 4.16. The first kappa shape index (κ1) is 13.5. The van der Waals surface area contributed by atoms with Crippen LogP contribution in [0, 0.1) is 11.3 Å². The van der Waals surface area contributed by atoms with Crippen LogP contribution in [0.1, 0.15) is 13.8 Å². The summed E-state index contributed by atoms with van der Waals surface area (Å²) in [4.78, 5) is 7.29. The molecule has 1 fully saturated rings. The third-order valence-corrected chi connectivity index (χ3v) is 3.97. The van der Waals surface area contributed by atoms with Gasteiger partial charge in [-0.3, -0.25) is 0 Å². The minimum absolute atomic E-state index is 0.931. The Labute approximate surface area is 92.4 Å². The fourth-order valence-electron chi connectivity index (χ4n) is 1.96.